The Labute approximate surface area is 124 Å². The molecule has 0 aliphatic carbocycles. The van der Waals surface area contributed by atoms with Crippen molar-refractivity contribution in [1.82, 2.24) is 15.1 Å². The molecule has 1 unspecified atom stereocenters. The highest BCUT2D eigenvalue weighted by Gasteiger charge is 2.17. The molecule has 1 saturated heterocycles. The maximum Gasteiger partial charge on any atom is 0.193 e. The minimum Gasteiger partial charge on any atom is -0.357 e. The third-order valence-electron chi connectivity index (χ3n) is 3.82. The second-order valence-corrected chi connectivity index (χ2v) is 5.82. The zero-order chi connectivity index (χ0) is 14.8. The first-order valence-electron chi connectivity index (χ1n) is 7.96. The number of hydrogen-bond donors (Lipinski definition) is 1. The van der Waals surface area contributed by atoms with Gasteiger partial charge in [0.1, 0.15) is 0 Å². The Kier molecular flexibility index (Phi) is 8.35. The molecule has 116 valence electrons. The van der Waals surface area contributed by atoms with E-state index in [0.717, 1.165) is 38.4 Å². The summed E-state index contributed by atoms with van der Waals surface area (Å²) in [5.74, 6) is 1.76. The van der Waals surface area contributed by atoms with Gasteiger partial charge in [0.05, 0.1) is 0 Å². The average molecular weight is 280 g/mol. The molecule has 20 heavy (non-hydrogen) atoms. The predicted molar refractivity (Wildman–Crippen MR) is 88.3 cm³/mol. The van der Waals surface area contributed by atoms with Crippen molar-refractivity contribution in [2.75, 3.05) is 46.8 Å². The molecule has 4 heteroatoms. The summed E-state index contributed by atoms with van der Waals surface area (Å²) in [5, 5.41) is 3.40. The van der Waals surface area contributed by atoms with Crippen LogP contribution < -0.4 is 5.32 Å². The van der Waals surface area contributed by atoms with E-state index < -0.39 is 0 Å². The SMILES string of the molecule is C=CCCCN(C)C(=NCC1CCCN(C)C1)NCC. The van der Waals surface area contributed by atoms with Gasteiger partial charge in [-0.15, -0.1) is 6.58 Å². The van der Waals surface area contributed by atoms with Crippen LogP contribution in [0.25, 0.3) is 0 Å². The van der Waals surface area contributed by atoms with Crippen molar-refractivity contribution < 1.29 is 0 Å². The lowest BCUT2D eigenvalue weighted by atomic mass is 9.99. The maximum absolute atomic E-state index is 4.83. The van der Waals surface area contributed by atoms with Gasteiger partial charge >= 0.3 is 0 Å². The third kappa shape index (κ3) is 6.42. The van der Waals surface area contributed by atoms with Crippen LogP contribution in [-0.2, 0) is 0 Å². The summed E-state index contributed by atoms with van der Waals surface area (Å²) in [7, 11) is 4.33. The molecule has 0 aromatic heterocycles. The van der Waals surface area contributed by atoms with Crippen LogP contribution in [0.5, 0.6) is 0 Å². The van der Waals surface area contributed by atoms with Crippen molar-refractivity contribution in [3.8, 4) is 0 Å². The largest absolute Gasteiger partial charge is 0.357 e. The molecule has 1 fully saturated rings. The Morgan fingerprint density at radius 2 is 2.35 bits per heavy atom. The van der Waals surface area contributed by atoms with E-state index in [-0.39, 0.29) is 0 Å². The highest BCUT2D eigenvalue weighted by Crippen LogP contribution is 2.15. The van der Waals surface area contributed by atoms with E-state index >= 15 is 0 Å². The normalized spacial score (nSPS) is 20.8. The molecule has 1 aliphatic heterocycles. The molecule has 0 aromatic carbocycles. The summed E-state index contributed by atoms with van der Waals surface area (Å²) < 4.78 is 0. The predicted octanol–water partition coefficient (Wildman–Crippen LogP) is 2.19. The van der Waals surface area contributed by atoms with Gasteiger partial charge in [0, 0.05) is 33.2 Å². The Morgan fingerprint density at radius 1 is 1.55 bits per heavy atom. The number of aliphatic imine (C=N–C) groups is 1. The molecular formula is C16H32N4. The Hall–Kier alpha value is -1.03. The molecule has 0 radical (unpaired) electrons. The summed E-state index contributed by atoms with van der Waals surface area (Å²) in [6.07, 6.45) is 6.80. The first kappa shape index (κ1) is 17.0. The first-order valence-corrected chi connectivity index (χ1v) is 7.96. The van der Waals surface area contributed by atoms with Gasteiger partial charge in [0.25, 0.3) is 0 Å². The zero-order valence-corrected chi connectivity index (χ0v) is 13.6. The zero-order valence-electron chi connectivity index (χ0n) is 13.6. The molecule has 1 N–H and O–H groups in total. The molecule has 4 nitrogen and oxygen atoms in total. The fraction of sp³-hybridized carbons (Fsp3) is 0.812. The van der Waals surface area contributed by atoms with Gasteiger partial charge in [-0.2, -0.15) is 0 Å². The fourth-order valence-electron chi connectivity index (χ4n) is 2.69. The molecule has 0 aromatic rings. The van der Waals surface area contributed by atoms with Crippen LogP contribution in [0.3, 0.4) is 0 Å². The third-order valence-corrected chi connectivity index (χ3v) is 3.82. The lowest BCUT2D eigenvalue weighted by Crippen LogP contribution is -2.40. The number of unbranched alkanes of at least 4 members (excludes halogenated alkanes) is 1. The van der Waals surface area contributed by atoms with Crippen molar-refractivity contribution in [3.05, 3.63) is 12.7 Å². The van der Waals surface area contributed by atoms with E-state index in [0.29, 0.717) is 5.92 Å². The Bertz CT molecular complexity index is 301. The van der Waals surface area contributed by atoms with Gasteiger partial charge in [-0.25, -0.2) is 0 Å². The lowest BCUT2D eigenvalue weighted by molar-refractivity contribution is 0.214. The van der Waals surface area contributed by atoms with Crippen molar-refractivity contribution >= 4 is 5.96 Å². The van der Waals surface area contributed by atoms with Crippen LogP contribution in [0.4, 0.5) is 0 Å². The molecule has 1 aliphatic rings. The maximum atomic E-state index is 4.83. The lowest BCUT2D eigenvalue weighted by Gasteiger charge is -2.29. The fourth-order valence-corrected chi connectivity index (χ4v) is 2.69. The molecule has 1 rings (SSSR count). The number of nitrogens with zero attached hydrogens (tertiary/aromatic N) is 3. The van der Waals surface area contributed by atoms with E-state index in [1.54, 1.807) is 0 Å². The van der Waals surface area contributed by atoms with Gasteiger partial charge in [0.2, 0.25) is 0 Å². The molecule has 0 bridgehead atoms. The first-order chi connectivity index (χ1) is 9.67. The summed E-state index contributed by atoms with van der Waals surface area (Å²) in [6, 6.07) is 0. The summed E-state index contributed by atoms with van der Waals surface area (Å²) in [6.45, 7) is 11.2. The van der Waals surface area contributed by atoms with Crippen LogP contribution in [0.2, 0.25) is 0 Å². The second kappa shape index (κ2) is 9.81. The quantitative estimate of drug-likeness (QED) is 0.336. The molecule has 0 spiro atoms. The molecule has 0 saturated carbocycles. The van der Waals surface area contributed by atoms with Crippen LogP contribution in [0.15, 0.2) is 17.6 Å². The van der Waals surface area contributed by atoms with Crippen molar-refractivity contribution in [3.63, 3.8) is 0 Å². The van der Waals surface area contributed by atoms with Gasteiger partial charge < -0.3 is 15.1 Å². The number of piperidine rings is 1. The highest BCUT2D eigenvalue weighted by molar-refractivity contribution is 5.79. The van der Waals surface area contributed by atoms with Crippen molar-refractivity contribution in [2.45, 2.75) is 32.6 Å². The number of hydrogen-bond acceptors (Lipinski definition) is 2. The Morgan fingerprint density at radius 3 is 3.00 bits per heavy atom. The Balaban J connectivity index is 2.45. The minimum absolute atomic E-state index is 0.712. The topological polar surface area (TPSA) is 30.9 Å². The van der Waals surface area contributed by atoms with Gasteiger partial charge in [-0.3, -0.25) is 4.99 Å². The number of nitrogens with one attached hydrogen (secondary N) is 1. The van der Waals surface area contributed by atoms with Gasteiger partial charge in [-0.1, -0.05) is 6.08 Å². The van der Waals surface area contributed by atoms with E-state index in [1.807, 2.05) is 6.08 Å². The van der Waals surface area contributed by atoms with Crippen LogP contribution >= 0.6 is 0 Å². The molecular weight excluding hydrogens is 248 g/mol. The number of allylic oxidation sites excluding steroid dienone is 1. The summed E-state index contributed by atoms with van der Waals surface area (Å²) >= 11 is 0. The minimum atomic E-state index is 0.712. The summed E-state index contributed by atoms with van der Waals surface area (Å²) in [4.78, 5) is 9.49. The number of likely N-dealkylation sites (tertiary alicyclic amines) is 1. The molecule has 1 heterocycles. The number of guanidine groups is 1. The van der Waals surface area contributed by atoms with Crippen molar-refractivity contribution in [1.29, 1.82) is 0 Å². The van der Waals surface area contributed by atoms with Crippen LogP contribution in [-0.4, -0.2) is 62.6 Å². The van der Waals surface area contributed by atoms with Crippen molar-refractivity contribution in [2.24, 2.45) is 10.9 Å². The number of rotatable bonds is 7. The van der Waals surface area contributed by atoms with E-state index in [4.69, 9.17) is 4.99 Å². The van der Waals surface area contributed by atoms with Gasteiger partial charge in [-0.05, 0) is 52.1 Å². The highest BCUT2D eigenvalue weighted by atomic mass is 15.3. The van der Waals surface area contributed by atoms with Gasteiger partial charge in [0.15, 0.2) is 5.96 Å². The van der Waals surface area contributed by atoms with E-state index in [2.05, 4.69) is 42.7 Å². The molecule has 0 amide bonds. The smallest absolute Gasteiger partial charge is 0.193 e. The van der Waals surface area contributed by atoms with E-state index in [9.17, 15) is 0 Å². The monoisotopic (exact) mass is 280 g/mol. The van der Waals surface area contributed by atoms with Crippen LogP contribution in [0.1, 0.15) is 32.6 Å². The average Bonchev–Trinajstić information content (AvgIpc) is 2.43. The van der Waals surface area contributed by atoms with Crippen LogP contribution in [0, 0.1) is 5.92 Å². The second-order valence-electron chi connectivity index (χ2n) is 5.82. The van der Waals surface area contributed by atoms with E-state index in [1.165, 1.54) is 25.9 Å². The molecule has 1 atom stereocenters. The summed E-state index contributed by atoms with van der Waals surface area (Å²) in [5.41, 5.74) is 0. The standard InChI is InChI=1S/C16H32N4/c1-5-7-8-12-20(4)16(17-6-2)18-13-15-10-9-11-19(3)14-15/h5,15H,1,6-14H2,2-4H3,(H,17,18).